The van der Waals surface area contributed by atoms with E-state index in [1.165, 1.54) is 6.33 Å². The Bertz CT molecular complexity index is 927. The predicted octanol–water partition coefficient (Wildman–Crippen LogP) is 5.47. The minimum Gasteiger partial charge on any atom is -0.393 e. The van der Waals surface area contributed by atoms with Crippen LogP contribution in [0.2, 0.25) is 10.0 Å². The molecular formula is C18H17Cl2N5. The van der Waals surface area contributed by atoms with Gasteiger partial charge >= 0.3 is 0 Å². The van der Waals surface area contributed by atoms with Gasteiger partial charge in [0.15, 0.2) is 11.6 Å². The number of hydrogen-bond acceptors (Lipinski definition) is 5. The lowest BCUT2D eigenvalue weighted by Crippen LogP contribution is -2.06. The summed E-state index contributed by atoms with van der Waals surface area (Å²) in [6.45, 7) is 3.87. The van der Waals surface area contributed by atoms with Gasteiger partial charge in [0.1, 0.15) is 12.0 Å². The first-order valence-corrected chi connectivity index (χ1v) is 8.37. The van der Waals surface area contributed by atoms with Crippen LogP contribution in [0.15, 0.2) is 42.7 Å². The van der Waals surface area contributed by atoms with Crippen molar-refractivity contribution in [1.29, 1.82) is 0 Å². The molecule has 0 radical (unpaired) electrons. The Kier molecular flexibility index (Phi) is 4.97. The fraction of sp³-hybridized carbons (Fsp3) is 0.111. The van der Waals surface area contributed by atoms with Crippen molar-refractivity contribution in [2.45, 2.75) is 13.8 Å². The zero-order valence-corrected chi connectivity index (χ0v) is 15.3. The molecule has 1 aromatic heterocycles. The Hall–Kier alpha value is -2.50. The topological polar surface area (TPSA) is 75.9 Å². The number of aryl methyl sites for hydroxylation is 1. The summed E-state index contributed by atoms with van der Waals surface area (Å²) < 4.78 is 0. The number of rotatable bonds is 4. The third kappa shape index (κ3) is 3.78. The van der Waals surface area contributed by atoms with Crippen molar-refractivity contribution in [3.63, 3.8) is 0 Å². The molecule has 1 heterocycles. The molecular weight excluding hydrogens is 357 g/mol. The molecule has 0 spiro atoms. The number of anilines is 5. The zero-order valence-electron chi connectivity index (χ0n) is 13.8. The minimum absolute atomic E-state index is 0.401. The van der Waals surface area contributed by atoms with Crippen LogP contribution in [-0.2, 0) is 0 Å². The fourth-order valence-corrected chi connectivity index (χ4v) is 2.63. The first kappa shape index (κ1) is 17.3. The lowest BCUT2D eigenvalue weighted by Gasteiger charge is -2.14. The maximum absolute atomic E-state index is 6.22. The van der Waals surface area contributed by atoms with Gasteiger partial charge < -0.3 is 16.4 Å². The van der Waals surface area contributed by atoms with Gasteiger partial charge in [-0.3, -0.25) is 0 Å². The molecule has 0 fully saturated rings. The molecule has 0 bridgehead atoms. The highest BCUT2D eigenvalue weighted by molar-refractivity contribution is 6.32. The molecule has 0 aliphatic heterocycles. The van der Waals surface area contributed by atoms with E-state index in [0.717, 1.165) is 22.5 Å². The average Bonchev–Trinajstić information content (AvgIpc) is 2.59. The molecule has 3 rings (SSSR count). The van der Waals surface area contributed by atoms with E-state index in [9.17, 15) is 0 Å². The quantitative estimate of drug-likeness (QED) is 0.565. The van der Waals surface area contributed by atoms with Crippen LogP contribution in [0.4, 0.5) is 28.7 Å². The van der Waals surface area contributed by atoms with E-state index in [1.54, 1.807) is 0 Å². The summed E-state index contributed by atoms with van der Waals surface area (Å²) in [5.74, 6) is 0.998. The Labute approximate surface area is 156 Å². The molecule has 7 heteroatoms. The fourth-order valence-electron chi connectivity index (χ4n) is 2.27. The molecule has 5 nitrogen and oxygen atoms in total. The van der Waals surface area contributed by atoms with Gasteiger partial charge in [-0.15, -0.1) is 0 Å². The minimum atomic E-state index is 0.401. The molecule has 0 aliphatic carbocycles. The second kappa shape index (κ2) is 7.17. The molecule has 0 saturated heterocycles. The van der Waals surface area contributed by atoms with Crippen molar-refractivity contribution in [2.75, 3.05) is 16.4 Å². The van der Waals surface area contributed by atoms with Crippen molar-refractivity contribution in [2.24, 2.45) is 0 Å². The predicted molar refractivity (Wildman–Crippen MR) is 105 cm³/mol. The molecule has 0 atom stereocenters. The zero-order chi connectivity index (χ0) is 18.0. The monoisotopic (exact) mass is 373 g/mol. The molecule has 4 N–H and O–H groups in total. The van der Waals surface area contributed by atoms with Crippen LogP contribution in [0, 0.1) is 13.8 Å². The standard InChI is InChI=1S/C18H17Cl2N5/c1-10-6-7-12(8-14(10)20)24-17-16(21)18(23-9-22-17)25-15-5-3-4-13(19)11(15)2/h3-9H,21H2,1-2H3,(H2,22,23,24,25). The van der Waals surface area contributed by atoms with E-state index >= 15 is 0 Å². The Morgan fingerprint density at radius 1 is 0.920 bits per heavy atom. The molecule has 3 aromatic rings. The van der Waals surface area contributed by atoms with Crippen LogP contribution in [0.3, 0.4) is 0 Å². The van der Waals surface area contributed by atoms with Gasteiger partial charge in [0.2, 0.25) is 0 Å². The van der Waals surface area contributed by atoms with Crippen molar-refractivity contribution in [3.8, 4) is 0 Å². The first-order valence-electron chi connectivity index (χ1n) is 7.61. The number of nitrogens with zero attached hydrogens (tertiary/aromatic N) is 2. The van der Waals surface area contributed by atoms with Gasteiger partial charge in [-0.1, -0.05) is 35.3 Å². The number of aromatic nitrogens is 2. The summed E-state index contributed by atoms with van der Waals surface area (Å²) in [5, 5.41) is 7.71. The van der Waals surface area contributed by atoms with E-state index in [1.807, 2.05) is 50.2 Å². The molecule has 25 heavy (non-hydrogen) atoms. The highest BCUT2D eigenvalue weighted by Crippen LogP contribution is 2.31. The summed E-state index contributed by atoms with van der Waals surface area (Å²) in [4.78, 5) is 8.43. The van der Waals surface area contributed by atoms with E-state index in [4.69, 9.17) is 28.9 Å². The van der Waals surface area contributed by atoms with Gasteiger partial charge in [-0.2, -0.15) is 0 Å². The van der Waals surface area contributed by atoms with Crippen molar-refractivity contribution >= 4 is 51.9 Å². The Morgan fingerprint density at radius 3 is 2.36 bits per heavy atom. The largest absolute Gasteiger partial charge is 0.393 e. The van der Waals surface area contributed by atoms with Crippen LogP contribution in [-0.4, -0.2) is 9.97 Å². The Morgan fingerprint density at radius 2 is 1.64 bits per heavy atom. The van der Waals surface area contributed by atoms with Crippen LogP contribution in [0.25, 0.3) is 0 Å². The second-order valence-corrected chi connectivity index (χ2v) is 6.43. The molecule has 128 valence electrons. The van der Waals surface area contributed by atoms with Crippen molar-refractivity contribution in [3.05, 3.63) is 63.9 Å². The maximum Gasteiger partial charge on any atom is 0.159 e. The summed E-state index contributed by atoms with van der Waals surface area (Å²) in [6.07, 6.45) is 1.44. The van der Waals surface area contributed by atoms with Crippen LogP contribution >= 0.6 is 23.2 Å². The normalized spacial score (nSPS) is 10.6. The van der Waals surface area contributed by atoms with Crippen LogP contribution in [0.1, 0.15) is 11.1 Å². The highest BCUT2D eigenvalue weighted by Gasteiger charge is 2.11. The third-order valence-electron chi connectivity index (χ3n) is 3.84. The summed E-state index contributed by atoms with van der Waals surface area (Å²) in [5.41, 5.74) is 10.2. The number of nitrogen functional groups attached to an aromatic ring is 1. The Balaban J connectivity index is 1.89. The molecule has 0 aliphatic rings. The SMILES string of the molecule is Cc1ccc(Nc2ncnc(Nc3cccc(Cl)c3C)c2N)cc1Cl. The average molecular weight is 374 g/mol. The molecule has 2 aromatic carbocycles. The number of nitrogens with one attached hydrogen (secondary N) is 2. The number of nitrogens with two attached hydrogens (primary N) is 1. The van der Waals surface area contributed by atoms with Crippen molar-refractivity contribution < 1.29 is 0 Å². The molecule has 0 amide bonds. The van der Waals surface area contributed by atoms with Crippen LogP contribution < -0.4 is 16.4 Å². The van der Waals surface area contributed by atoms with Gasteiger partial charge in [-0.05, 0) is 49.2 Å². The van der Waals surface area contributed by atoms with E-state index in [0.29, 0.717) is 27.4 Å². The summed E-state index contributed by atoms with van der Waals surface area (Å²) >= 11 is 12.3. The molecule has 0 saturated carbocycles. The van der Waals surface area contributed by atoms with Crippen LogP contribution in [0.5, 0.6) is 0 Å². The van der Waals surface area contributed by atoms with E-state index in [2.05, 4.69) is 20.6 Å². The van der Waals surface area contributed by atoms with E-state index in [-0.39, 0.29) is 0 Å². The third-order valence-corrected chi connectivity index (χ3v) is 4.66. The number of benzene rings is 2. The highest BCUT2D eigenvalue weighted by atomic mass is 35.5. The van der Waals surface area contributed by atoms with Crippen molar-refractivity contribution in [1.82, 2.24) is 9.97 Å². The maximum atomic E-state index is 6.22. The number of hydrogen-bond donors (Lipinski definition) is 3. The van der Waals surface area contributed by atoms with Gasteiger partial charge in [0, 0.05) is 21.4 Å². The second-order valence-electron chi connectivity index (χ2n) is 5.61. The molecule has 0 unspecified atom stereocenters. The summed E-state index contributed by atoms with van der Waals surface area (Å²) in [6, 6.07) is 11.3. The van der Waals surface area contributed by atoms with Gasteiger partial charge in [0.25, 0.3) is 0 Å². The smallest absolute Gasteiger partial charge is 0.159 e. The van der Waals surface area contributed by atoms with E-state index < -0.39 is 0 Å². The lowest BCUT2D eigenvalue weighted by molar-refractivity contribution is 1.17. The van der Waals surface area contributed by atoms with Gasteiger partial charge in [0.05, 0.1) is 0 Å². The number of halogens is 2. The first-order chi connectivity index (χ1) is 12.0. The summed E-state index contributed by atoms with van der Waals surface area (Å²) in [7, 11) is 0. The van der Waals surface area contributed by atoms with Gasteiger partial charge in [-0.25, -0.2) is 9.97 Å². The lowest BCUT2D eigenvalue weighted by atomic mass is 10.2.